The fourth-order valence-electron chi connectivity index (χ4n) is 2.46. The molecule has 0 bridgehead atoms. The van der Waals surface area contributed by atoms with E-state index in [1.807, 2.05) is 60.7 Å². The molecule has 3 rings (SSSR count). The van der Waals surface area contributed by atoms with Crippen LogP contribution in [-0.2, 0) is 0 Å². The highest BCUT2D eigenvalue weighted by Crippen LogP contribution is 2.34. The van der Waals surface area contributed by atoms with E-state index in [-0.39, 0.29) is 5.92 Å². The molecule has 0 unspecified atom stereocenters. The molecule has 0 amide bonds. The maximum atomic E-state index is 6.51. The van der Waals surface area contributed by atoms with E-state index in [9.17, 15) is 0 Å². The van der Waals surface area contributed by atoms with Crippen LogP contribution in [0.5, 0.6) is 0 Å². The average Bonchev–Trinajstić information content (AvgIpc) is 2.55. The van der Waals surface area contributed by atoms with Gasteiger partial charge in [-0.1, -0.05) is 86.1 Å². The summed E-state index contributed by atoms with van der Waals surface area (Å²) < 4.78 is 0. The van der Waals surface area contributed by atoms with Crippen LogP contribution in [0.4, 0.5) is 0 Å². The van der Waals surface area contributed by atoms with Gasteiger partial charge in [0.2, 0.25) is 0 Å². The zero-order valence-electron chi connectivity index (χ0n) is 12.6. The minimum Gasteiger partial charge on any atom is -0.232 e. The third kappa shape index (κ3) is 2.88. The lowest BCUT2D eigenvalue weighted by Crippen LogP contribution is -2.02. The molecule has 0 spiro atoms. The summed E-state index contributed by atoms with van der Waals surface area (Å²) in [6.07, 6.45) is 0. The van der Waals surface area contributed by atoms with Crippen LogP contribution in [0.1, 0.15) is 25.5 Å². The van der Waals surface area contributed by atoms with Gasteiger partial charge in [-0.3, -0.25) is 0 Å². The van der Waals surface area contributed by atoms with Crippen molar-refractivity contribution in [1.82, 2.24) is 9.97 Å². The minimum atomic E-state index is 0.262. The lowest BCUT2D eigenvalue weighted by Gasteiger charge is -2.15. The van der Waals surface area contributed by atoms with Gasteiger partial charge in [0, 0.05) is 11.1 Å². The molecule has 1 heterocycles. The predicted octanol–water partition coefficient (Wildman–Crippen LogP) is 5.59. The Bertz CT molecular complexity index is 768. The fourth-order valence-corrected chi connectivity index (χ4v) is 2.74. The molecular weight excluding hydrogens is 292 g/mol. The van der Waals surface area contributed by atoms with Crippen molar-refractivity contribution in [2.24, 2.45) is 0 Å². The van der Waals surface area contributed by atoms with Gasteiger partial charge in [0.15, 0.2) is 5.82 Å². The highest BCUT2D eigenvalue weighted by molar-refractivity contribution is 6.32. The summed E-state index contributed by atoms with van der Waals surface area (Å²) in [5.41, 5.74) is 3.93. The van der Waals surface area contributed by atoms with Gasteiger partial charge in [-0.2, -0.15) is 0 Å². The van der Waals surface area contributed by atoms with Crippen molar-refractivity contribution in [2.75, 3.05) is 0 Å². The molecule has 110 valence electrons. The Kier molecular flexibility index (Phi) is 4.21. The van der Waals surface area contributed by atoms with Gasteiger partial charge in [-0.05, 0) is 11.5 Å². The minimum absolute atomic E-state index is 0.262. The first kappa shape index (κ1) is 14.7. The van der Waals surface area contributed by atoms with Crippen molar-refractivity contribution in [2.45, 2.75) is 19.8 Å². The van der Waals surface area contributed by atoms with E-state index >= 15 is 0 Å². The first-order chi connectivity index (χ1) is 10.7. The van der Waals surface area contributed by atoms with Crippen LogP contribution in [0.2, 0.25) is 5.15 Å². The summed E-state index contributed by atoms with van der Waals surface area (Å²) in [6, 6.07) is 20.0. The van der Waals surface area contributed by atoms with E-state index in [2.05, 4.69) is 18.8 Å². The Morgan fingerprint density at radius 3 is 1.86 bits per heavy atom. The molecule has 22 heavy (non-hydrogen) atoms. The van der Waals surface area contributed by atoms with Crippen molar-refractivity contribution in [3.63, 3.8) is 0 Å². The molecule has 0 N–H and O–H groups in total. The summed E-state index contributed by atoms with van der Waals surface area (Å²) >= 11 is 6.51. The molecular formula is C19H17ClN2. The molecule has 0 atom stereocenters. The summed E-state index contributed by atoms with van der Waals surface area (Å²) in [5.74, 6) is 0.937. The Morgan fingerprint density at radius 2 is 1.32 bits per heavy atom. The summed E-state index contributed by atoms with van der Waals surface area (Å²) in [7, 11) is 0. The van der Waals surface area contributed by atoms with Crippen molar-refractivity contribution in [3.05, 3.63) is 71.5 Å². The molecule has 1 aromatic heterocycles. The first-order valence-electron chi connectivity index (χ1n) is 7.35. The molecule has 3 heteroatoms. The Morgan fingerprint density at radius 1 is 0.773 bits per heavy atom. The summed E-state index contributed by atoms with van der Waals surface area (Å²) in [6.45, 7) is 4.25. The lowest BCUT2D eigenvalue weighted by atomic mass is 9.98. The third-order valence-corrected chi connectivity index (χ3v) is 3.81. The molecule has 2 aromatic carbocycles. The van der Waals surface area contributed by atoms with Crippen LogP contribution in [0.3, 0.4) is 0 Å². The zero-order valence-corrected chi connectivity index (χ0v) is 13.4. The highest BCUT2D eigenvalue weighted by Gasteiger charge is 2.17. The Hall–Kier alpha value is -2.19. The number of hydrogen-bond donors (Lipinski definition) is 0. The number of hydrogen-bond acceptors (Lipinski definition) is 2. The zero-order chi connectivity index (χ0) is 15.5. The third-order valence-electron chi connectivity index (χ3n) is 3.53. The van der Waals surface area contributed by atoms with E-state index in [1.54, 1.807) is 0 Å². The SMILES string of the molecule is CC(C)c1nc(-c2ccccc2)nc(Cl)c1-c1ccccc1. The van der Waals surface area contributed by atoms with Crippen molar-refractivity contribution >= 4 is 11.6 Å². The van der Waals surface area contributed by atoms with E-state index in [0.29, 0.717) is 11.0 Å². The van der Waals surface area contributed by atoms with Gasteiger partial charge in [-0.25, -0.2) is 9.97 Å². The number of nitrogens with zero attached hydrogens (tertiary/aromatic N) is 2. The van der Waals surface area contributed by atoms with Crippen molar-refractivity contribution in [1.29, 1.82) is 0 Å². The normalized spacial score (nSPS) is 10.9. The van der Waals surface area contributed by atoms with Gasteiger partial charge in [0.1, 0.15) is 5.15 Å². The molecule has 2 nitrogen and oxygen atoms in total. The largest absolute Gasteiger partial charge is 0.232 e. The highest BCUT2D eigenvalue weighted by atomic mass is 35.5. The maximum Gasteiger partial charge on any atom is 0.161 e. The topological polar surface area (TPSA) is 25.8 Å². The molecule has 0 saturated heterocycles. The molecule has 0 fully saturated rings. The second kappa shape index (κ2) is 6.29. The van der Waals surface area contributed by atoms with Crippen LogP contribution in [-0.4, -0.2) is 9.97 Å². The molecule has 0 aliphatic carbocycles. The Labute approximate surface area is 135 Å². The van der Waals surface area contributed by atoms with Crippen LogP contribution in [0, 0.1) is 0 Å². The molecule has 3 aromatic rings. The molecule has 0 radical (unpaired) electrons. The molecule has 0 aliphatic heterocycles. The Balaban J connectivity index is 2.21. The summed E-state index contributed by atoms with van der Waals surface area (Å²) in [5, 5.41) is 0.503. The van der Waals surface area contributed by atoms with Gasteiger partial charge in [0.25, 0.3) is 0 Å². The van der Waals surface area contributed by atoms with Crippen LogP contribution in [0.15, 0.2) is 60.7 Å². The van der Waals surface area contributed by atoms with E-state index in [0.717, 1.165) is 22.4 Å². The molecule has 0 saturated carbocycles. The fraction of sp³-hybridized carbons (Fsp3) is 0.158. The van der Waals surface area contributed by atoms with E-state index < -0.39 is 0 Å². The van der Waals surface area contributed by atoms with Gasteiger partial charge in [-0.15, -0.1) is 0 Å². The van der Waals surface area contributed by atoms with Gasteiger partial charge >= 0.3 is 0 Å². The van der Waals surface area contributed by atoms with Crippen LogP contribution >= 0.6 is 11.6 Å². The standard InChI is InChI=1S/C19H17ClN2/c1-13(2)17-16(14-9-5-3-6-10-14)18(20)22-19(21-17)15-11-7-4-8-12-15/h3-13H,1-2H3. The predicted molar refractivity (Wildman–Crippen MR) is 92.0 cm³/mol. The van der Waals surface area contributed by atoms with Crippen molar-refractivity contribution in [3.8, 4) is 22.5 Å². The lowest BCUT2D eigenvalue weighted by molar-refractivity contribution is 0.820. The summed E-state index contributed by atoms with van der Waals surface area (Å²) in [4.78, 5) is 9.30. The van der Waals surface area contributed by atoms with Gasteiger partial charge in [0.05, 0.1) is 5.69 Å². The van der Waals surface area contributed by atoms with Crippen LogP contribution < -0.4 is 0 Å². The second-order valence-corrected chi connectivity index (χ2v) is 5.84. The number of aromatic nitrogens is 2. The maximum absolute atomic E-state index is 6.51. The second-order valence-electron chi connectivity index (χ2n) is 5.49. The number of rotatable bonds is 3. The number of benzene rings is 2. The quantitative estimate of drug-likeness (QED) is 0.590. The van der Waals surface area contributed by atoms with Crippen LogP contribution in [0.25, 0.3) is 22.5 Å². The van der Waals surface area contributed by atoms with E-state index in [4.69, 9.17) is 16.6 Å². The van der Waals surface area contributed by atoms with E-state index in [1.165, 1.54) is 0 Å². The smallest absolute Gasteiger partial charge is 0.161 e. The molecule has 0 aliphatic rings. The van der Waals surface area contributed by atoms with Crippen molar-refractivity contribution < 1.29 is 0 Å². The monoisotopic (exact) mass is 308 g/mol. The number of halogens is 1. The first-order valence-corrected chi connectivity index (χ1v) is 7.73. The van der Waals surface area contributed by atoms with Gasteiger partial charge < -0.3 is 0 Å². The average molecular weight is 309 g/mol.